The number of thiazole rings is 1. The Hall–Kier alpha value is -0.730. The van der Waals surface area contributed by atoms with Crippen LogP contribution in [-0.2, 0) is 4.79 Å². The second kappa shape index (κ2) is 7.23. The van der Waals surface area contributed by atoms with E-state index in [2.05, 4.69) is 15.6 Å². The van der Waals surface area contributed by atoms with Crippen molar-refractivity contribution in [2.75, 3.05) is 16.9 Å². The third kappa shape index (κ3) is 3.97. The van der Waals surface area contributed by atoms with Gasteiger partial charge in [-0.1, -0.05) is 23.4 Å². The lowest BCUT2D eigenvalue weighted by molar-refractivity contribution is -0.117. The third-order valence-corrected chi connectivity index (χ3v) is 6.52. The molecule has 1 aromatic carbocycles. The van der Waals surface area contributed by atoms with Gasteiger partial charge in [-0.3, -0.25) is 10.1 Å². The average molecular weight is 372 g/mol. The number of halogens is 1. The predicted molar refractivity (Wildman–Crippen MR) is 95.3 cm³/mol. The number of carbonyl (C=O) groups is 1. The lowest BCUT2D eigenvalue weighted by Crippen LogP contribution is -2.37. The van der Waals surface area contributed by atoms with Crippen LogP contribution in [0.4, 0.5) is 5.69 Å². The summed E-state index contributed by atoms with van der Waals surface area (Å²) in [5.74, 6) is 1.61. The molecule has 0 spiro atoms. The second-order valence-corrected chi connectivity index (χ2v) is 8.35. The fourth-order valence-electron chi connectivity index (χ4n) is 1.93. The highest BCUT2D eigenvalue weighted by Gasteiger charge is 2.22. The Morgan fingerprint density at radius 3 is 3.05 bits per heavy atom. The van der Waals surface area contributed by atoms with Crippen molar-refractivity contribution < 1.29 is 4.79 Å². The maximum atomic E-state index is 12.1. The van der Waals surface area contributed by atoms with Crippen LogP contribution < -0.4 is 10.6 Å². The van der Waals surface area contributed by atoms with E-state index in [9.17, 15) is 4.79 Å². The Bertz CT molecular complexity index is 686. The van der Waals surface area contributed by atoms with Gasteiger partial charge in [0.25, 0.3) is 0 Å². The first kappa shape index (κ1) is 16.1. The summed E-state index contributed by atoms with van der Waals surface area (Å²) in [5, 5.41) is 8.67. The Labute approximate surface area is 146 Å². The molecule has 0 aliphatic carbocycles. The number of nitrogens with zero attached hydrogens (tertiary/aromatic N) is 1. The number of aromatic nitrogens is 1. The van der Waals surface area contributed by atoms with E-state index in [-0.39, 0.29) is 11.9 Å². The van der Waals surface area contributed by atoms with Crippen LogP contribution in [0.3, 0.4) is 0 Å². The van der Waals surface area contributed by atoms with Crippen molar-refractivity contribution in [2.45, 2.75) is 22.2 Å². The molecule has 116 valence electrons. The fourth-order valence-corrected chi connectivity index (χ4v) is 4.96. The maximum absolute atomic E-state index is 12.1. The normalized spacial score (nSPS) is 17.6. The van der Waals surface area contributed by atoms with E-state index in [1.807, 2.05) is 24.4 Å². The van der Waals surface area contributed by atoms with Crippen LogP contribution >= 0.6 is 46.5 Å². The Kier molecular flexibility index (Phi) is 5.30. The van der Waals surface area contributed by atoms with E-state index < -0.39 is 0 Å². The molecule has 3 rings (SSSR count). The number of rotatable bonds is 4. The van der Waals surface area contributed by atoms with Crippen LogP contribution in [-0.4, -0.2) is 28.6 Å². The molecule has 1 saturated heterocycles. The van der Waals surface area contributed by atoms with Gasteiger partial charge in [0.2, 0.25) is 5.91 Å². The molecule has 2 aromatic rings. The van der Waals surface area contributed by atoms with Gasteiger partial charge < -0.3 is 5.32 Å². The van der Waals surface area contributed by atoms with E-state index in [4.69, 9.17) is 11.6 Å². The van der Waals surface area contributed by atoms with Gasteiger partial charge in [-0.15, -0.1) is 23.1 Å². The number of carbonyl (C=O) groups excluding carboxylic acids is 1. The van der Waals surface area contributed by atoms with E-state index >= 15 is 0 Å². The second-order valence-electron chi connectivity index (χ2n) is 4.76. The first-order valence-electron chi connectivity index (χ1n) is 6.63. The summed E-state index contributed by atoms with van der Waals surface area (Å²) < 4.78 is 0.961. The van der Waals surface area contributed by atoms with Crippen molar-refractivity contribution in [3.63, 3.8) is 0 Å². The molecule has 0 bridgehead atoms. The minimum atomic E-state index is -0.129. The fraction of sp³-hybridized carbons (Fsp3) is 0.286. The molecule has 0 radical (unpaired) electrons. The van der Waals surface area contributed by atoms with Crippen LogP contribution in [0, 0.1) is 6.92 Å². The SMILES string of the molecule is Cc1csc(Sc2ccc(NC(=O)C3CSCN3)cc2Cl)n1. The molecule has 2 heterocycles. The smallest absolute Gasteiger partial charge is 0.242 e. The molecule has 1 aromatic heterocycles. The van der Waals surface area contributed by atoms with Crippen molar-refractivity contribution >= 4 is 58.1 Å². The van der Waals surface area contributed by atoms with E-state index in [0.717, 1.165) is 26.6 Å². The zero-order valence-corrected chi connectivity index (χ0v) is 15.0. The predicted octanol–water partition coefficient (Wildman–Crippen LogP) is 3.86. The lowest BCUT2D eigenvalue weighted by atomic mass is 10.2. The molecule has 1 aliphatic heterocycles. The van der Waals surface area contributed by atoms with Crippen LogP contribution in [0.25, 0.3) is 0 Å². The molecule has 1 aliphatic rings. The number of hydrogen-bond donors (Lipinski definition) is 2. The van der Waals surface area contributed by atoms with Gasteiger partial charge in [-0.05, 0) is 25.1 Å². The van der Waals surface area contributed by atoms with E-state index in [0.29, 0.717) is 10.7 Å². The molecule has 1 fully saturated rings. The van der Waals surface area contributed by atoms with Crippen molar-refractivity contribution in [1.82, 2.24) is 10.3 Å². The number of thioether (sulfide) groups is 1. The molecule has 22 heavy (non-hydrogen) atoms. The summed E-state index contributed by atoms with van der Waals surface area (Å²) in [6.07, 6.45) is 0. The zero-order chi connectivity index (χ0) is 15.5. The lowest BCUT2D eigenvalue weighted by Gasteiger charge is -2.11. The van der Waals surface area contributed by atoms with Gasteiger partial charge in [-0.25, -0.2) is 4.98 Å². The van der Waals surface area contributed by atoms with Crippen LogP contribution in [0.5, 0.6) is 0 Å². The molecule has 1 atom stereocenters. The van der Waals surface area contributed by atoms with Crippen molar-refractivity contribution in [3.05, 3.63) is 34.3 Å². The minimum absolute atomic E-state index is 0.0167. The van der Waals surface area contributed by atoms with Gasteiger partial charge in [0, 0.05) is 33.3 Å². The number of benzene rings is 1. The number of aryl methyl sites for hydroxylation is 1. The maximum Gasteiger partial charge on any atom is 0.242 e. The zero-order valence-electron chi connectivity index (χ0n) is 11.8. The van der Waals surface area contributed by atoms with Gasteiger partial charge in [0.15, 0.2) is 4.34 Å². The van der Waals surface area contributed by atoms with E-state index in [1.165, 1.54) is 11.8 Å². The number of anilines is 1. The molecule has 1 unspecified atom stereocenters. The van der Waals surface area contributed by atoms with Crippen LogP contribution in [0.1, 0.15) is 5.69 Å². The molecule has 8 heteroatoms. The molecular formula is C14H14ClN3OS3. The van der Waals surface area contributed by atoms with Crippen molar-refractivity contribution in [1.29, 1.82) is 0 Å². The minimum Gasteiger partial charge on any atom is -0.325 e. The number of hydrogen-bond acceptors (Lipinski definition) is 6. The van der Waals surface area contributed by atoms with Gasteiger partial charge in [-0.2, -0.15) is 0 Å². The van der Waals surface area contributed by atoms with Gasteiger partial charge >= 0.3 is 0 Å². The number of amides is 1. The highest BCUT2D eigenvalue weighted by Crippen LogP contribution is 2.36. The quantitative estimate of drug-likeness (QED) is 0.854. The van der Waals surface area contributed by atoms with Crippen LogP contribution in [0.2, 0.25) is 5.02 Å². The first-order valence-corrected chi connectivity index (χ1v) is 9.86. The van der Waals surface area contributed by atoms with Gasteiger partial charge in [0.1, 0.15) is 0 Å². The largest absolute Gasteiger partial charge is 0.325 e. The molecule has 4 nitrogen and oxygen atoms in total. The Morgan fingerprint density at radius 1 is 1.55 bits per heavy atom. The summed E-state index contributed by atoms with van der Waals surface area (Å²) in [6.45, 7) is 1.97. The molecule has 0 saturated carbocycles. The monoisotopic (exact) mass is 371 g/mol. The average Bonchev–Trinajstić information content (AvgIpc) is 3.13. The van der Waals surface area contributed by atoms with Crippen molar-refractivity contribution in [3.8, 4) is 0 Å². The third-order valence-electron chi connectivity index (χ3n) is 3.03. The topological polar surface area (TPSA) is 54.0 Å². The summed E-state index contributed by atoms with van der Waals surface area (Å²) in [5.41, 5.74) is 1.72. The molecule has 1 amide bonds. The highest BCUT2D eigenvalue weighted by atomic mass is 35.5. The van der Waals surface area contributed by atoms with Gasteiger partial charge in [0.05, 0.1) is 11.1 Å². The summed E-state index contributed by atoms with van der Waals surface area (Å²) in [7, 11) is 0. The Morgan fingerprint density at radius 2 is 2.41 bits per heavy atom. The first-order chi connectivity index (χ1) is 10.6. The standard InChI is InChI=1S/C14H14ClN3OS3/c1-8-5-21-14(17-8)22-12-3-2-9(4-10(12)15)18-13(19)11-6-20-7-16-11/h2-5,11,16H,6-7H2,1H3,(H,18,19). The van der Waals surface area contributed by atoms with Crippen LogP contribution in [0.15, 0.2) is 32.8 Å². The van der Waals surface area contributed by atoms with Crippen molar-refractivity contribution in [2.24, 2.45) is 0 Å². The number of nitrogens with one attached hydrogen (secondary N) is 2. The Balaban J connectivity index is 1.67. The summed E-state index contributed by atoms with van der Waals surface area (Å²) >= 11 is 11.2. The summed E-state index contributed by atoms with van der Waals surface area (Å²) in [4.78, 5) is 17.4. The highest BCUT2D eigenvalue weighted by molar-refractivity contribution is 8.01. The van der Waals surface area contributed by atoms with E-state index in [1.54, 1.807) is 29.2 Å². The molecule has 2 N–H and O–H groups in total. The molecular weight excluding hydrogens is 358 g/mol. The summed E-state index contributed by atoms with van der Waals surface area (Å²) in [6, 6.07) is 5.44.